The maximum atomic E-state index is 12.9. The van der Waals surface area contributed by atoms with Crippen LogP contribution in [0.15, 0.2) is 42.9 Å². The zero-order valence-corrected chi connectivity index (χ0v) is 12.0. The van der Waals surface area contributed by atoms with Crippen molar-refractivity contribution in [3.05, 3.63) is 64.9 Å². The first kappa shape index (κ1) is 14.2. The highest BCUT2D eigenvalue weighted by Gasteiger charge is 2.11. The molecule has 0 saturated heterocycles. The Morgan fingerprint density at radius 2 is 2.00 bits per heavy atom. The monoisotopic (exact) mass is 315 g/mol. The van der Waals surface area contributed by atoms with Crippen molar-refractivity contribution < 1.29 is 9.18 Å². The summed E-state index contributed by atoms with van der Waals surface area (Å²) in [7, 11) is 0. The Kier molecular flexibility index (Phi) is 4.10. The van der Waals surface area contributed by atoms with Crippen molar-refractivity contribution >= 4 is 22.4 Å². The summed E-state index contributed by atoms with van der Waals surface area (Å²) in [4.78, 5) is 19.6. The lowest BCUT2D eigenvalue weighted by Gasteiger charge is -1.98. The highest BCUT2D eigenvalue weighted by molar-refractivity contribution is 7.15. The molecule has 2 aromatic heterocycles. The molecular weight excluding hydrogens is 305 g/mol. The Morgan fingerprint density at radius 1 is 1.18 bits per heavy atom. The first-order valence-electron chi connectivity index (χ1n) is 6.35. The molecule has 1 N–H and O–H groups in total. The molecule has 110 valence electrons. The molecule has 1 amide bonds. The maximum Gasteiger partial charge on any atom is 0.277 e. The van der Waals surface area contributed by atoms with Gasteiger partial charge in [-0.15, -0.1) is 10.2 Å². The first-order chi connectivity index (χ1) is 10.7. The second kappa shape index (κ2) is 6.35. The number of carbonyl (C=O) groups excluding carboxylic acids is 1. The maximum absolute atomic E-state index is 12.9. The van der Waals surface area contributed by atoms with Gasteiger partial charge in [-0.2, -0.15) is 0 Å². The fraction of sp³-hybridized carbons (Fsp3) is 0.0714. The summed E-state index contributed by atoms with van der Waals surface area (Å²) >= 11 is 1.26. The van der Waals surface area contributed by atoms with Gasteiger partial charge in [-0.05, 0) is 17.7 Å². The molecule has 0 aliphatic carbocycles. The predicted molar refractivity (Wildman–Crippen MR) is 79.1 cm³/mol. The molecule has 2 heterocycles. The van der Waals surface area contributed by atoms with Gasteiger partial charge >= 0.3 is 0 Å². The minimum absolute atomic E-state index is 0.206. The number of rotatable bonds is 4. The molecule has 0 aliphatic rings. The average Bonchev–Trinajstić information content (AvgIpc) is 2.97. The van der Waals surface area contributed by atoms with E-state index in [2.05, 4.69) is 25.5 Å². The number of hydrogen-bond acceptors (Lipinski definition) is 6. The van der Waals surface area contributed by atoms with Gasteiger partial charge in [0, 0.05) is 18.8 Å². The van der Waals surface area contributed by atoms with Crippen LogP contribution < -0.4 is 5.32 Å². The molecule has 0 aliphatic heterocycles. The smallest absolute Gasteiger partial charge is 0.277 e. The Bertz CT molecular complexity index is 775. The molecule has 1 aromatic carbocycles. The van der Waals surface area contributed by atoms with Crippen LogP contribution in [0.3, 0.4) is 0 Å². The van der Waals surface area contributed by atoms with E-state index in [0.29, 0.717) is 11.6 Å². The Balaban J connectivity index is 1.66. The van der Waals surface area contributed by atoms with Crippen molar-refractivity contribution in [2.75, 3.05) is 5.32 Å². The fourth-order valence-corrected chi connectivity index (χ4v) is 2.50. The van der Waals surface area contributed by atoms with Crippen molar-refractivity contribution in [1.29, 1.82) is 0 Å². The van der Waals surface area contributed by atoms with E-state index in [1.54, 1.807) is 12.1 Å². The van der Waals surface area contributed by atoms with Gasteiger partial charge in [0.2, 0.25) is 5.13 Å². The molecule has 0 spiro atoms. The molecule has 6 nitrogen and oxygen atoms in total. The van der Waals surface area contributed by atoms with Crippen molar-refractivity contribution in [1.82, 2.24) is 20.2 Å². The van der Waals surface area contributed by atoms with E-state index in [9.17, 15) is 9.18 Å². The van der Waals surface area contributed by atoms with Crippen molar-refractivity contribution in [3.8, 4) is 0 Å². The van der Waals surface area contributed by atoms with Gasteiger partial charge in [-0.1, -0.05) is 23.5 Å². The summed E-state index contributed by atoms with van der Waals surface area (Å²) in [6.07, 6.45) is 4.83. The van der Waals surface area contributed by atoms with E-state index >= 15 is 0 Å². The van der Waals surface area contributed by atoms with Crippen molar-refractivity contribution in [2.24, 2.45) is 0 Å². The van der Waals surface area contributed by atoms with E-state index in [4.69, 9.17) is 0 Å². The highest BCUT2D eigenvalue weighted by atomic mass is 32.1. The summed E-state index contributed by atoms with van der Waals surface area (Å²) in [5.41, 5.74) is 1.13. The van der Waals surface area contributed by atoms with E-state index in [1.807, 2.05) is 0 Å². The minimum atomic E-state index is -0.391. The summed E-state index contributed by atoms with van der Waals surface area (Å²) in [6.45, 7) is 0. The molecule has 8 heteroatoms. The van der Waals surface area contributed by atoms with E-state index in [-0.39, 0.29) is 11.5 Å². The van der Waals surface area contributed by atoms with Crippen LogP contribution in [0.1, 0.15) is 21.1 Å². The van der Waals surface area contributed by atoms with Gasteiger partial charge in [0.05, 0.1) is 6.20 Å². The first-order valence-corrected chi connectivity index (χ1v) is 7.16. The van der Waals surface area contributed by atoms with Crippen LogP contribution in [0.4, 0.5) is 9.52 Å². The van der Waals surface area contributed by atoms with Crippen LogP contribution in [0, 0.1) is 5.82 Å². The highest BCUT2D eigenvalue weighted by Crippen LogP contribution is 2.19. The average molecular weight is 315 g/mol. The summed E-state index contributed by atoms with van der Waals surface area (Å²) < 4.78 is 12.9. The molecule has 0 fully saturated rings. The number of anilines is 1. The third kappa shape index (κ3) is 3.47. The van der Waals surface area contributed by atoms with Gasteiger partial charge in [0.1, 0.15) is 16.5 Å². The number of amides is 1. The van der Waals surface area contributed by atoms with E-state index in [1.165, 1.54) is 42.1 Å². The minimum Gasteiger partial charge on any atom is -0.295 e. The number of aromatic nitrogens is 4. The third-order valence-corrected chi connectivity index (χ3v) is 3.59. The summed E-state index contributed by atoms with van der Waals surface area (Å²) in [5, 5.41) is 11.6. The van der Waals surface area contributed by atoms with Crippen molar-refractivity contribution in [2.45, 2.75) is 6.42 Å². The third-order valence-electron chi connectivity index (χ3n) is 2.75. The largest absolute Gasteiger partial charge is 0.295 e. The molecule has 0 unspecified atom stereocenters. The Morgan fingerprint density at radius 3 is 2.73 bits per heavy atom. The van der Waals surface area contributed by atoms with Crippen LogP contribution in [-0.4, -0.2) is 26.1 Å². The summed E-state index contributed by atoms with van der Waals surface area (Å²) in [5.74, 6) is -0.671. The zero-order chi connectivity index (χ0) is 15.4. The zero-order valence-electron chi connectivity index (χ0n) is 11.2. The van der Waals surface area contributed by atoms with Gasteiger partial charge in [0.25, 0.3) is 5.91 Å². The number of hydrogen-bond donors (Lipinski definition) is 1. The van der Waals surface area contributed by atoms with Crippen molar-refractivity contribution in [3.63, 3.8) is 0 Å². The van der Waals surface area contributed by atoms with Crippen LogP contribution >= 0.6 is 11.3 Å². The second-order valence-electron chi connectivity index (χ2n) is 4.35. The van der Waals surface area contributed by atoms with Gasteiger partial charge in [-0.3, -0.25) is 15.1 Å². The van der Waals surface area contributed by atoms with Gasteiger partial charge in [-0.25, -0.2) is 9.37 Å². The van der Waals surface area contributed by atoms with Gasteiger partial charge < -0.3 is 0 Å². The molecule has 22 heavy (non-hydrogen) atoms. The normalized spacial score (nSPS) is 10.4. The number of nitrogens with zero attached hydrogens (tertiary/aromatic N) is 4. The van der Waals surface area contributed by atoms with Crippen LogP contribution in [0.2, 0.25) is 0 Å². The quantitative estimate of drug-likeness (QED) is 0.799. The van der Waals surface area contributed by atoms with E-state index < -0.39 is 5.91 Å². The lowest BCUT2D eigenvalue weighted by Crippen LogP contribution is -2.13. The number of nitrogens with one attached hydrogen (secondary N) is 1. The van der Waals surface area contributed by atoms with Crippen LogP contribution in [-0.2, 0) is 6.42 Å². The fourth-order valence-electron chi connectivity index (χ4n) is 1.73. The molecule has 0 saturated carbocycles. The molecule has 0 atom stereocenters. The van der Waals surface area contributed by atoms with E-state index in [0.717, 1.165) is 10.6 Å². The molecule has 0 bridgehead atoms. The molecule has 3 rings (SSSR count). The molecule has 3 aromatic rings. The summed E-state index contributed by atoms with van der Waals surface area (Å²) in [6, 6.07) is 6.17. The lowest BCUT2D eigenvalue weighted by molar-refractivity contribution is 0.102. The Labute approximate surface area is 129 Å². The SMILES string of the molecule is O=C(Nc1nnc(Cc2ccc(F)cc2)s1)c1cnccn1. The van der Waals surface area contributed by atoms with Crippen LogP contribution in [0.5, 0.6) is 0 Å². The predicted octanol–water partition coefficient (Wildman–Crippen LogP) is 2.31. The Hall–Kier alpha value is -2.74. The molecule has 0 radical (unpaired) electrons. The standard InChI is InChI=1S/C14H10FN5OS/c15-10-3-1-9(2-4-10)7-12-19-20-14(22-12)18-13(21)11-8-16-5-6-17-11/h1-6,8H,7H2,(H,18,20,21). The second-order valence-corrected chi connectivity index (χ2v) is 5.41. The topological polar surface area (TPSA) is 80.7 Å². The molecular formula is C14H10FN5OS. The van der Waals surface area contributed by atoms with Crippen LogP contribution in [0.25, 0.3) is 0 Å². The number of halogens is 1. The lowest BCUT2D eigenvalue weighted by atomic mass is 10.2. The number of carbonyl (C=O) groups is 1. The number of benzene rings is 1. The van der Waals surface area contributed by atoms with Gasteiger partial charge in [0.15, 0.2) is 0 Å².